The van der Waals surface area contributed by atoms with E-state index in [4.69, 9.17) is 0 Å². The van der Waals surface area contributed by atoms with Gasteiger partial charge in [0.25, 0.3) is 6.47 Å². The molecule has 6 nitrogen and oxygen atoms in total. The van der Waals surface area contributed by atoms with Gasteiger partial charge in [-0.15, -0.1) is 0 Å². The SMILES string of the molecule is COC(=O)/C=C/C(=O)OCOC=O. The first kappa shape index (κ1) is 11.2. The van der Waals surface area contributed by atoms with Gasteiger partial charge in [0.2, 0.25) is 6.79 Å². The van der Waals surface area contributed by atoms with Crippen molar-refractivity contribution in [2.24, 2.45) is 0 Å². The van der Waals surface area contributed by atoms with Crippen LogP contribution in [0.4, 0.5) is 0 Å². The fraction of sp³-hybridized carbons (Fsp3) is 0.286. The molecule has 0 spiro atoms. The molecule has 0 aliphatic heterocycles. The molecule has 0 aliphatic rings. The number of carbonyl (C=O) groups is 3. The number of ether oxygens (including phenoxy) is 3. The summed E-state index contributed by atoms with van der Waals surface area (Å²) in [6.45, 7) is -0.342. The van der Waals surface area contributed by atoms with Gasteiger partial charge in [0.05, 0.1) is 7.11 Å². The molecule has 0 atom stereocenters. The van der Waals surface area contributed by atoms with Crippen LogP contribution >= 0.6 is 0 Å². The summed E-state index contributed by atoms with van der Waals surface area (Å²) >= 11 is 0. The molecular formula is C7H8O6. The van der Waals surface area contributed by atoms with Gasteiger partial charge in [-0.25, -0.2) is 9.59 Å². The molecule has 0 rings (SSSR count). The van der Waals surface area contributed by atoms with Crippen LogP contribution in [0.3, 0.4) is 0 Å². The second-order valence-corrected chi connectivity index (χ2v) is 1.70. The third-order valence-corrected chi connectivity index (χ3v) is 0.894. The first-order valence-corrected chi connectivity index (χ1v) is 3.18. The molecule has 0 fully saturated rings. The molecule has 0 bridgehead atoms. The van der Waals surface area contributed by atoms with Crippen molar-refractivity contribution in [2.45, 2.75) is 0 Å². The second-order valence-electron chi connectivity index (χ2n) is 1.70. The van der Waals surface area contributed by atoms with Crippen LogP contribution in [0.5, 0.6) is 0 Å². The zero-order chi connectivity index (χ0) is 10.1. The molecule has 0 N–H and O–H groups in total. The van der Waals surface area contributed by atoms with Crippen molar-refractivity contribution in [2.75, 3.05) is 13.9 Å². The van der Waals surface area contributed by atoms with Gasteiger partial charge in [-0.1, -0.05) is 0 Å². The van der Waals surface area contributed by atoms with Crippen LogP contribution < -0.4 is 0 Å². The topological polar surface area (TPSA) is 78.9 Å². The predicted molar refractivity (Wildman–Crippen MR) is 39.3 cm³/mol. The van der Waals surface area contributed by atoms with Gasteiger partial charge in [-0.05, 0) is 0 Å². The maximum atomic E-state index is 10.6. The average Bonchev–Trinajstić information content (AvgIpc) is 2.14. The first-order chi connectivity index (χ1) is 6.20. The predicted octanol–water partition coefficient (Wildman–Crippen LogP) is -0.611. The minimum absolute atomic E-state index is 0.136. The molecule has 0 aromatic carbocycles. The normalized spacial score (nSPS) is 9.31. The Labute approximate surface area is 74.1 Å². The summed E-state index contributed by atoms with van der Waals surface area (Å²) in [4.78, 5) is 30.7. The minimum atomic E-state index is -0.799. The Bertz CT molecular complexity index is 219. The lowest BCUT2D eigenvalue weighted by Gasteiger charge is -1.97. The van der Waals surface area contributed by atoms with Crippen molar-refractivity contribution >= 4 is 18.4 Å². The highest BCUT2D eigenvalue weighted by Gasteiger charge is 1.98. The Morgan fingerprint density at radius 2 is 1.85 bits per heavy atom. The lowest BCUT2D eigenvalue weighted by atomic mass is 10.5. The number of rotatable bonds is 5. The summed E-state index contributed by atoms with van der Waals surface area (Å²) in [5, 5.41) is 0. The summed E-state index contributed by atoms with van der Waals surface area (Å²) < 4.78 is 12.6. The maximum absolute atomic E-state index is 10.6. The van der Waals surface area contributed by atoms with Crippen molar-refractivity contribution < 1.29 is 28.6 Å². The molecule has 0 aliphatic carbocycles. The lowest BCUT2D eigenvalue weighted by Crippen LogP contribution is -2.05. The summed E-state index contributed by atoms with van der Waals surface area (Å²) in [5.74, 6) is -1.47. The van der Waals surface area contributed by atoms with Gasteiger partial charge in [-0.2, -0.15) is 0 Å². The molecule has 0 unspecified atom stereocenters. The van der Waals surface area contributed by atoms with Crippen molar-refractivity contribution in [3.8, 4) is 0 Å². The highest BCUT2D eigenvalue weighted by molar-refractivity contribution is 5.91. The van der Waals surface area contributed by atoms with Gasteiger partial charge in [-0.3, -0.25) is 4.79 Å². The molecule has 0 radical (unpaired) electrons. The van der Waals surface area contributed by atoms with Gasteiger partial charge in [0, 0.05) is 12.2 Å². The number of methoxy groups -OCH3 is 1. The number of carbonyl (C=O) groups excluding carboxylic acids is 3. The summed E-state index contributed by atoms with van der Waals surface area (Å²) in [6.07, 6.45) is 1.75. The zero-order valence-electron chi connectivity index (χ0n) is 6.89. The van der Waals surface area contributed by atoms with Crippen LogP contribution in [0.15, 0.2) is 12.2 Å². The van der Waals surface area contributed by atoms with Crippen molar-refractivity contribution in [1.29, 1.82) is 0 Å². The van der Waals surface area contributed by atoms with Crippen LogP contribution in [0.25, 0.3) is 0 Å². The Morgan fingerprint density at radius 3 is 2.38 bits per heavy atom. The Morgan fingerprint density at radius 1 is 1.23 bits per heavy atom. The molecule has 13 heavy (non-hydrogen) atoms. The first-order valence-electron chi connectivity index (χ1n) is 3.18. The minimum Gasteiger partial charge on any atom is -0.466 e. The van der Waals surface area contributed by atoms with Gasteiger partial charge in [0.1, 0.15) is 0 Å². The van der Waals surface area contributed by atoms with Gasteiger partial charge >= 0.3 is 11.9 Å². The van der Waals surface area contributed by atoms with Crippen LogP contribution in [0.2, 0.25) is 0 Å². The van der Waals surface area contributed by atoms with Crippen molar-refractivity contribution in [3.63, 3.8) is 0 Å². The third kappa shape index (κ3) is 6.54. The van der Waals surface area contributed by atoms with Crippen LogP contribution in [-0.2, 0) is 28.6 Å². The quantitative estimate of drug-likeness (QED) is 0.188. The molecule has 0 heterocycles. The molecule has 0 saturated heterocycles. The van der Waals surface area contributed by atoms with Crippen molar-refractivity contribution in [1.82, 2.24) is 0 Å². The van der Waals surface area contributed by atoms with E-state index in [1.807, 2.05) is 0 Å². The van der Waals surface area contributed by atoms with Gasteiger partial charge < -0.3 is 14.2 Å². The van der Waals surface area contributed by atoms with Crippen LogP contribution in [-0.4, -0.2) is 32.3 Å². The summed E-state index contributed by atoms with van der Waals surface area (Å²) in [6, 6.07) is 0. The van der Waals surface area contributed by atoms with E-state index in [1.54, 1.807) is 0 Å². The third-order valence-electron chi connectivity index (χ3n) is 0.894. The molecule has 6 heteroatoms. The highest BCUT2D eigenvalue weighted by atomic mass is 16.7. The number of esters is 2. The van der Waals surface area contributed by atoms with Crippen LogP contribution in [0.1, 0.15) is 0 Å². The van der Waals surface area contributed by atoms with E-state index in [0.717, 1.165) is 12.2 Å². The van der Waals surface area contributed by atoms with Crippen LogP contribution in [0, 0.1) is 0 Å². The van der Waals surface area contributed by atoms with E-state index in [9.17, 15) is 14.4 Å². The van der Waals surface area contributed by atoms with Gasteiger partial charge in [0.15, 0.2) is 0 Å². The largest absolute Gasteiger partial charge is 0.466 e. The molecule has 0 saturated carbocycles. The van der Waals surface area contributed by atoms with E-state index in [-0.39, 0.29) is 6.47 Å². The van der Waals surface area contributed by atoms with E-state index < -0.39 is 18.7 Å². The molecule has 0 amide bonds. The van der Waals surface area contributed by atoms with E-state index >= 15 is 0 Å². The lowest BCUT2D eigenvalue weighted by molar-refractivity contribution is -0.155. The van der Waals surface area contributed by atoms with E-state index in [2.05, 4.69) is 14.2 Å². The summed E-state index contributed by atoms with van der Waals surface area (Å²) in [5.41, 5.74) is 0. The van der Waals surface area contributed by atoms with E-state index in [0.29, 0.717) is 0 Å². The van der Waals surface area contributed by atoms with Crippen molar-refractivity contribution in [3.05, 3.63) is 12.2 Å². The van der Waals surface area contributed by atoms with E-state index in [1.165, 1.54) is 7.11 Å². The Kier molecular flexibility index (Phi) is 5.86. The fourth-order valence-electron chi connectivity index (χ4n) is 0.372. The summed E-state index contributed by atoms with van der Waals surface area (Å²) in [7, 11) is 1.17. The average molecular weight is 188 g/mol. The monoisotopic (exact) mass is 188 g/mol. The smallest absolute Gasteiger partial charge is 0.333 e. The standard InChI is InChI=1S/C7H8O6/c1-11-6(9)2-3-7(10)13-5-12-4-8/h2-4H,5H2,1H3/b3-2+. The Balaban J connectivity index is 3.67. The second kappa shape index (κ2) is 6.84. The highest BCUT2D eigenvalue weighted by Crippen LogP contribution is 1.83. The maximum Gasteiger partial charge on any atom is 0.333 e. The molecule has 72 valence electrons. The number of hydrogen-bond acceptors (Lipinski definition) is 6. The fourth-order valence-corrected chi connectivity index (χ4v) is 0.372. The molecular weight excluding hydrogens is 180 g/mol. The zero-order valence-corrected chi connectivity index (χ0v) is 6.89. The Hall–Kier alpha value is -1.85. The molecule has 0 aromatic heterocycles. The number of hydrogen-bond donors (Lipinski definition) is 0. The molecule has 0 aromatic rings.